The molecule has 0 fully saturated rings. The zero-order valence-electron chi connectivity index (χ0n) is 11.2. The number of carboxylic acids is 1. The van der Waals surface area contributed by atoms with Crippen molar-refractivity contribution >= 4 is 39.1 Å². The Hall–Kier alpha value is -1.80. The molecule has 1 aromatic carbocycles. The summed E-state index contributed by atoms with van der Waals surface area (Å²) in [5, 5.41) is 13.7. The lowest BCUT2D eigenvalue weighted by Crippen LogP contribution is -2.33. The number of carbonyl (C=O) groups excluding carboxylic acids is 1. The number of amides is 2. The fraction of sp³-hybridized carbons (Fsp3) is 0.333. The minimum absolute atomic E-state index is 0.00938. The van der Waals surface area contributed by atoms with Crippen molar-refractivity contribution in [2.45, 2.75) is 6.92 Å². The van der Waals surface area contributed by atoms with Gasteiger partial charge in [-0.2, -0.15) is 0 Å². The summed E-state index contributed by atoms with van der Waals surface area (Å²) in [7, 11) is -3.15. The van der Waals surface area contributed by atoms with Crippen LogP contribution < -0.4 is 10.6 Å². The Morgan fingerprint density at radius 3 is 2.57 bits per heavy atom. The van der Waals surface area contributed by atoms with Gasteiger partial charge >= 0.3 is 12.0 Å². The molecule has 0 aliphatic heterocycles. The smallest absolute Gasteiger partial charge is 0.337 e. The van der Waals surface area contributed by atoms with Crippen molar-refractivity contribution in [3.8, 4) is 0 Å². The quantitative estimate of drug-likeness (QED) is 0.731. The van der Waals surface area contributed by atoms with Crippen molar-refractivity contribution in [3.05, 3.63) is 28.8 Å². The van der Waals surface area contributed by atoms with Crippen LogP contribution in [0.3, 0.4) is 0 Å². The lowest BCUT2D eigenvalue weighted by molar-refractivity contribution is 0.0697. The van der Waals surface area contributed by atoms with Crippen molar-refractivity contribution < 1.29 is 23.1 Å². The first kappa shape index (κ1) is 17.3. The van der Waals surface area contributed by atoms with Gasteiger partial charge in [-0.25, -0.2) is 18.0 Å². The van der Waals surface area contributed by atoms with Crippen LogP contribution in [0, 0.1) is 0 Å². The topological polar surface area (TPSA) is 113 Å². The molecule has 0 saturated heterocycles. The summed E-state index contributed by atoms with van der Waals surface area (Å²) in [4.78, 5) is 22.5. The number of nitrogens with one attached hydrogen (secondary N) is 2. The summed E-state index contributed by atoms with van der Waals surface area (Å²) in [6, 6.07) is 3.38. The average Bonchev–Trinajstić information content (AvgIpc) is 2.40. The minimum atomic E-state index is -3.15. The molecule has 0 radical (unpaired) electrons. The van der Waals surface area contributed by atoms with Crippen molar-refractivity contribution in [3.63, 3.8) is 0 Å². The van der Waals surface area contributed by atoms with Crippen LogP contribution in [0.4, 0.5) is 10.5 Å². The first-order chi connectivity index (χ1) is 9.75. The Balaban J connectivity index is 2.60. The van der Waals surface area contributed by atoms with Crippen LogP contribution >= 0.6 is 11.6 Å². The predicted molar refractivity (Wildman–Crippen MR) is 79.8 cm³/mol. The molecular formula is C12H15ClN2O5S. The Kier molecular flexibility index (Phi) is 5.98. The van der Waals surface area contributed by atoms with Crippen LogP contribution in [0.1, 0.15) is 17.3 Å². The number of urea groups is 1. The summed E-state index contributed by atoms with van der Waals surface area (Å²) in [5.41, 5.74) is 0.107. The predicted octanol–water partition coefficient (Wildman–Crippen LogP) is 1.59. The van der Waals surface area contributed by atoms with Gasteiger partial charge < -0.3 is 15.7 Å². The van der Waals surface area contributed by atoms with Crippen LogP contribution in [0.2, 0.25) is 5.02 Å². The van der Waals surface area contributed by atoms with Crippen LogP contribution in [-0.2, 0) is 9.84 Å². The van der Waals surface area contributed by atoms with Crippen LogP contribution in [0.15, 0.2) is 18.2 Å². The maximum absolute atomic E-state index is 11.6. The Labute approximate surface area is 127 Å². The number of carboxylic acid groups (broad SMARTS) is 1. The summed E-state index contributed by atoms with van der Waals surface area (Å²) >= 11 is 5.70. The van der Waals surface area contributed by atoms with Gasteiger partial charge in [0.2, 0.25) is 0 Å². The standard InChI is InChI=1S/C12H15ClN2O5S/c1-2-21(19,20)6-5-14-12(18)15-8-3-4-10(13)9(7-8)11(16)17/h3-4,7H,2,5-6H2,1H3,(H,16,17)(H2,14,15,18). The molecule has 0 aromatic heterocycles. The number of carbonyl (C=O) groups is 2. The molecule has 3 N–H and O–H groups in total. The van der Waals surface area contributed by atoms with E-state index in [-0.39, 0.29) is 34.3 Å². The molecule has 0 bridgehead atoms. The molecule has 7 nitrogen and oxygen atoms in total. The van der Waals surface area contributed by atoms with Crippen molar-refractivity contribution in [1.29, 1.82) is 0 Å². The number of aromatic carboxylic acids is 1. The van der Waals surface area contributed by atoms with E-state index in [1.807, 2.05) is 0 Å². The van der Waals surface area contributed by atoms with Gasteiger partial charge in [-0.05, 0) is 18.2 Å². The third kappa shape index (κ3) is 5.60. The van der Waals surface area contributed by atoms with Crippen LogP contribution in [0.5, 0.6) is 0 Å². The maximum atomic E-state index is 11.6. The van der Waals surface area contributed by atoms with E-state index in [1.54, 1.807) is 0 Å². The summed E-state index contributed by atoms with van der Waals surface area (Å²) in [5.74, 6) is -1.36. The first-order valence-corrected chi connectivity index (χ1v) is 8.23. The average molecular weight is 335 g/mol. The zero-order valence-corrected chi connectivity index (χ0v) is 12.8. The molecule has 0 spiro atoms. The highest BCUT2D eigenvalue weighted by Gasteiger charge is 2.11. The number of hydrogen-bond acceptors (Lipinski definition) is 4. The highest BCUT2D eigenvalue weighted by Crippen LogP contribution is 2.20. The number of anilines is 1. The lowest BCUT2D eigenvalue weighted by Gasteiger charge is -2.09. The number of sulfone groups is 1. The van der Waals surface area contributed by atoms with Gasteiger partial charge in [0.15, 0.2) is 9.84 Å². The Morgan fingerprint density at radius 1 is 1.33 bits per heavy atom. The van der Waals surface area contributed by atoms with Gasteiger partial charge in [0.25, 0.3) is 0 Å². The number of halogens is 1. The molecule has 1 rings (SSSR count). The minimum Gasteiger partial charge on any atom is -0.478 e. The molecule has 9 heteroatoms. The molecule has 0 aliphatic carbocycles. The Morgan fingerprint density at radius 2 is 2.00 bits per heavy atom. The molecular weight excluding hydrogens is 320 g/mol. The molecule has 0 heterocycles. The van der Waals surface area contributed by atoms with E-state index in [4.69, 9.17) is 16.7 Å². The number of rotatable bonds is 6. The third-order valence-corrected chi connectivity index (χ3v) is 4.63. The lowest BCUT2D eigenvalue weighted by atomic mass is 10.2. The SMILES string of the molecule is CCS(=O)(=O)CCNC(=O)Nc1ccc(Cl)c(C(=O)O)c1. The molecule has 0 unspecified atom stereocenters. The van der Waals surface area contributed by atoms with Gasteiger partial charge in [-0.15, -0.1) is 0 Å². The van der Waals surface area contributed by atoms with E-state index >= 15 is 0 Å². The normalized spacial score (nSPS) is 11.0. The summed E-state index contributed by atoms with van der Waals surface area (Å²) in [6.45, 7) is 1.50. The third-order valence-electron chi connectivity index (χ3n) is 2.59. The molecule has 0 atom stereocenters. The largest absolute Gasteiger partial charge is 0.478 e. The molecule has 2 amide bonds. The van der Waals surface area contributed by atoms with E-state index in [2.05, 4.69) is 10.6 Å². The van der Waals surface area contributed by atoms with E-state index in [0.717, 1.165) is 0 Å². The van der Waals surface area contributed by atoms with E-state index in [0.29, 0.717) is 0 Å². The van der Waals surface area contributed by atoms with Gasteiger partial charge in [0.1, 0.15) is 0 Å². The van der Waals surface area contributed by atoms with Gasteiger partial charge in [0, 0.05) is 18.0 Å². The number of benzene rings is 1. The maximum Gasteiger partial charge on any atom is 0.337 e. The van der Waals surface area contributed by atoms with Crippen molar-refractivity contribution in [1.82, 2.24) is 5.32 Å². The van der Waals surface area contributed by atoms with Crippen LogP contribution in [0.25, 0.3) is 0 Å². The van der Waals surface area contributed by atoms with Gasteiger partial charge in [0.05, 0.1) is 16.3 Å². The Bertz CT molecular complexity index is 645. The van der Waals surface area contributed by atoms with E-state index in [1.165, 1.54) is 25.1 Å². The summed E-state index contributed by atoms with van der Waals surface area (Å²) < 4.78 is 22.5. The fourth-order valence-electron chi connectivity index (χ4n) is 1.41. The molecule has 1 aromatic rings. The number of hydrogen-bond donors (Lipinski definition) is 3. The summed E-state index contributed by atoms with van der Waals surface area (Å²) in [6.07, 6.45) is 0. The van der Waals surface area contributed by atoms with Gasteiger partial charge in [-0.1, -0.05) is 18.5 Å². The second-order valence-electron chi connectivity index (χ2n) is 4.12. The van der Waals surface area contributed by atoms with E-state index < -0.39 is 21.8 Å². The second-order valence-corrected chi connectivity index (χ2v) is 7.00. The van der Waals surface area contributed by atoms with Crippen LogP contribution in [-0.4, -0.2) is 43.6 Å². The van der Waals surface area contributed by atoms with E-state index in [9.17, 15) is 18.0 Å². The monoisotopic (exact) mass is 334 g/mol. The van der Waals surface area contributed by atoms with Crippen molar-refractivity contribution in [2.24, 2.45) is 0 Å². The molecule has 0 saturated carbocycles. The first-order valence-electron chi connectivity index (χ1n) is 6.03. The highest BCUT2D eigenvalue weighted by atomic mass is 35.5. The second kappa shape index (κ2) is 7.28. The fourth-order valence-corrected chi connectivity index (χ4v) is 2.31. The van der Waals surface area contributed by atoms with Crippen molar-refractivity contribution in [2.75, 3.05) is 23.4 Å². The zero-order chi connectivity index (χ0) is 16.0. The molecule has 0 aliphatic rings. The highest BCUT2D eigenvalue weighted by molar-refractivity contribution is 7.91. The molecule has 116 valence electrons. The molecule has 21 heavy (non-hydrogen) atoms. The van der Waals surface area contributed by atoms with Gasteiger partial charge in [-0.3, -0.25) is 0 Å².